The number of rotatable bonds is 10. The highest BCUT2D eigenvalue weighted by molar-refractivity contribution is 5.71. The van der Waals surface area contributed by atoms with E-state index in [2.05, 4.69) is 28.4 Å². The second kappa shape index (κ2) is 9.27. The van der Waals surface area contributed by atoms with Crippen molar-refractivity contribution < 1.29 is 13.9 Å². The number of ether oxygens (including phenoxy) is 2. The molecule has 0 aliphatic carbocycles. The van der Waals surface area contributed by atoms with E-state index in [0.29, 0.717) is 36.4 Å². The number of nitrogens with zero attached hydrogens (tertiary/aromatic N) is 3. The minimum absolute atomic E-state index is 0.364. The Labute approximate surface area is 163 Å². The number of nitrogens with one attached hydrogen (secondary N) is 1. The van der Waals surface area contributed by atoms with Gasteiger partial charge in [-0.05, 0) is 12.1 Å². The van der Waals surface area contributed by atoms with Gasteiger partial charge in [-0.25, -0.2) is 9.97 Å². The van der Waals surface area contributed by atoms with E-state index in [0.717, 1.165) is 11.3 Å². The van der Waals surface area contributed by atoms with Crippen LogP contribution < -0.4 is 14.8 Å². The van der Waals surface area contributed by atoms with Gasteiger partial charge < -0.3 is 23.8 Å². The van der Waals surface area contributed by atoms with E-state index in [1.165, 1.54) is 0 Å². The predicted molar refractivity (Wildman–Crippen MR) is 109 cm³/mol. The summed E-state index contributed by atoms with van der Waals surface area (Å²) in [6.07, 6.45) is 12.2. The lowest BCUT2D eigenvalue weighted by Crippen LogP contribution is -2.07. The smallest absolute Gasteiger partial charge is 0.299 e. The van der Waals surface area contributed by atoms with Crippen LogP contribution in [0.15, 0.2) is 78.9 Å². The van der Waals surface area contributed by atoms with Crippen LogP contribution in [-0.4, -0.2) is 28.3 Å². The minimum Gasteiger partial charge on any atom is -0.493 e. The van der Waals surface area contributed by atoms with Gasteiger partial charge in [0.25, 0.3) is 6.01 Å². The van der Waals surface area contributed by atoms with Crippen molar-refractivity contribution in [3.8, 4) is 11.5 Å². The van der Waals surface area contributed by atoms with E-state index in [1.54, 1.807) is 44.1 Å². The molecule has 0 amide bonds. The van der Waals surface area contributed by atoms with E-state index in [-0.39, 0.29) is 0 Å². The molecule has 0 aliphatic heterocycles. The molecule has 1 aromatic carbocycles. The fraction of sp³-hybridized carbons (Fsp3) is 0.143. The first kappa shape index (κ1) is 19.0. The van der Waals surface area contributed by atoms with Crippen molar-refractivity contribution in [3.63, 3.8) is 0 Å². The summed E-state index contributed by atoms with van der Waals surface area (Å²) in [5, 5.41) is 3.11. The van der Waals surface area contributed by atoms with Crippen LogP contribution in [0.4, 0.5) is 11.7 Å². The molecule has 144 valence electrons. The molecule has 3 aromatic rings. The molecule has 1 N–H and O–H groups in total. The Morgan fingerprint density at radius 2 is 2.21 bits per heavy atom. The van der Waals surface area contributed by atoms with Gasteiger partial charge in [-0.2, -0.15) is 0 Å². The topological polar surface area (TPSA) is 74.3 Å². The van der Waals surface area contributed by atoms with Gasteiger partial charge in [0, 0.05) is 29.7 Å². The van der Waals surface area contributed by atoms with Crippen molar-refractivity contribution in [2.45, 2.75) is 6.54 Å². The van der Waals surface area contributed by atoms with Crippen molar-refractivity contribution in [1.29, 1.82) is 0 Å². The minimum atomic E-state index is 0.364. The summed E-state index contributed by atoms with van der Waals surface area (Å²) in [5.74, 6) is 1.87. The van der Waals surface area contributed by atoms with E-state index in [4.69, 9.17) is 13.9 Å². The highest BCUT2D eigenvalue weighted by Crippen LogP contribution is 2.32. The van der Waals surface area contributed by atoms with E-state index in [1.807, 2.05) is 29.0 Å². The average Bonchev–Trinajstić information content (AvgIpc) is 3.39. The van der Waals surface area contributed by atoms with Crippen LogP contribution in [0, 0.1) is 0 Å². The lowest BCUT2D eigenvalue weighted by atomic mass is 10.2. The predicted octanol–water partition coefficient (Wildman–Crippen LogP) is 4.46. The molecule has 2 aromatic heterocycles. The fourth-order valence-electron chi connectivity index (χ4n) is 2.51. The summed E-state index contributed by atoms with van der Waals surface area (Å²) in [7, 11) is 1.60. The maximum atomic E-state index is 5.82. The molecule has 0 fully saturated rings. The Balaban J connectivity index is 1.66. The molecule has 2 heterocycles. The number of oxazole rings is 1. The third kappa shape index (κ3) is 4.70. The number of imidazole rings is 1. The number of methoxy groups -OCH3 is 1. The second-order valence-corrected chi connectivity index (χ2v) is 5.73. The molecule has 0 unspecified atom stereocenters. The van der Waals surface area contributed by atoms with Crippen LogP contribution in [0.25, 0.3) is 5.57 Å². The Morgan fingerprint density at radius 3 is 2.93 bits per heavy atom. The van der Waals surface area contributed by atoms with Crippen molar-refractivity contribution in [2.75, 3.05) is 19.0 Å². The van der Waals surface area contributed by atoms with Crippen LogP contribution in [0.3, 0.4) is 0 Å². The van der Waals surface area contributed by atoms with Gasteiger partial charge in [-0.15, -0.1) is 0 Å². The third-order valence-electron chi connectivity index (χ3n) is 3.89. The quantitative estimate of drug-likeness (QED) is 0.525. The molecule has 0 bridgehead atoms. The molecule has 7 nitrogen and oxygen atoms in total. The summed E-state index contributed by atoms with van der Waals surface area (Å²) in [5.41, 5.74) is 1.56. The third-order valence-corrected chi connectivity index (χ3v) is 3.89. The molecule has 0 saturated heterocycles. The summed E-state index contributed by atoms with van der Waals surface area (Å²) in [4.78, 5) is 8.24. The zero-order valence-corrected chi connectivity index (χ0v) is 15.7. The van der Waals surface area contributed by atoms with E-state index < -0.39 is 0 Å². The van der Waals surface area contributed by atoms with Gasteiger partial charge in [0.2, 0.25) is 0 Å². The van der Waals surface area contributed by atoms with Crippen molar-refractivity contribution in [2.24, 2.45) is 0 Å². The van der Waals surface area contributed by atoms with Gasteiger partial charge in [0.15, 0.2) is 17.3 Å². The average molecular weight is 378 g/mol. The number of hydrogen-bond acceptors (Lipinski definition) is 6. The van der Waals surface area contributed by atoms with Crippen LogP contribution in [0.5, 0.6) is 11.5 Å². The number of hydrogen-bond donors (Lipinski definition) is 1. The van der Waals surface area contributed by atoms with Crippen LogP contribution in [-0.2, 0) is 6.54 Å². The Kier molecular flexibility index (Phi) is 6.30. The normalized spacial score (nSPS) is 11.1. The number of benzene rings is 1. The van der Waals surface area contributed by atoms with Crippen LogP contribution in [0.2, 0.25) is 0 Å². The zero-order chi connectivity index (χ0) is 19.8. The second-order valence-electron chi connectivity index (χ2n) is 5.73. The highest BCUT2D eigenvalue weighted by Gasteiger charge is 2.10. The monoisotopic (exact) mass is 378 g/mol. The van der Waals surface area contributed by atoms with Gasteiger partial charge in [-0.1, -0.05) is 31.4 Å². The molecule has 7 heteroatoms. The first-order valence-electron chi connectivity index (χ1n) is 8.68. The molecule has 28 heavy (non-hydrogen) atoms. The summed E-state index contributed by atoms with van der Waals surface area (Å²) < 4.78 is 18.9. The first-order valence-corrected chi connectivity index (χ1v) is 8.68. The van der Waals surface area contributed by atoms with Gasteiger partial charge in [-0.3, -0.25) is 0 Å². The fourth-order valence-corrected chi connectivity index (χ4v) is 2.51. The molecule has 0 atom stereocenters. The van der Waals surface area contributed by atoms with E-state index in [9.17, 15) is 0 Å². The number of aromatic nitrogens is 3. The maximum absolute atomic E-state index is 5.82. The zero-order valence-electron chi connectivity index (χ0n) is 15.7. The molecule has 0 spiro atoms. The van der Waals surface area contributed by atoms with Gasteiger partial charge >= 0.3 is 0 Å². The first-order chi connectivity index (χ1) is 13.7. The number of anilines is 2. The van der Waals surface area contributed by atoms with Crippen molar-refractivity contribution in [3.05, 3.63) is 80.3 Å². The highest BCUT2D eigenvalue weighted by atomic mass is 16.5. The standard InChI is InChI=1S/C21H22N4O3/c1-4-6-16(5-2)20-14-23-21(28-20)24-17-7-8-18(19(13-17)26-3)27-12-11-25-10-9-22-15-25/h4-10,13-15H,1-2,11-12H2,3H3,(H,23,24)/b16-6+. The maximum Gasteiger partial charge on any atom is 0.299 e. The van der Waals surface area contributed by atoms with Crippen molar-refractivity contribution >= 4 is 17.3 Å². The Hall–Kier alpha value is -3.74. The Morgan fingerprint density at radius 1 is 1.32 bits per heavy atom. The SMILES string of the molecule is C=C/C=C(\C=C)c1cnc(Nc2ccc(OCCn3ccnc3)c(OC)c2)o1. The Bertz CT molecular complexity index is 958. The van der Waals surface area contributed by atoms with Crippen LogP contribution >= 0.6 is 0 Å². The largest absolute Gasteiger partial charge is 0.493 e. The lowest BCUT2D eigenvalue weighted by Gasteiger charge is -2.12. The molecular formula is C21H22N4O3. The summed E-state index contributed by atoms with van der Waals surface area (Å²) in [6, 6.07) is 5.89. The molecule has 0 aliphatic rings. The molecule has 0 radical (unpaired) electrons. The van der Waals surface area contributed by atoms with Gasteiger partial charge in [0.1, 0.15) is 6.61 Å². The van der Waals surface area contributed by atoms with Crippen LogP contribution in [0.1, 0.15) is 5.76 Å². The number of allylic oxidation sites excluding steroid dienone is 4. The molecule has 3 rings (SSSR count). The molecular weight excluding hydrogens is 356 g/mol. The van der Waals surface area contributed by atoms with E-state index >= 15 is 0 Å². The van der Waals surface area contributed by atoms with Gasteiger partial charge in [0.05, 0.1) is 26.2 Å². The lowest BCUT2D eigenvalue weighted by molar-refractivity contribution is 0.280. The summed E-state index contributed by atoms with van der Waals surface area (Å²) in [6.45, 7) is 8.65. The van der Waals surface area contributed by atoms with Crippen molar-refractivity contribution in [1.82, 2.24) is 14.5 Å². The summed E-state index contributed by atoms with van der Waals surface area (Å²) >= 11 is 0. The molecule has 0 saturated carbocycles.